The first-order valence-corrected chi connectivity index (χ1v) is 21.7. The molecular formula is C44H70ClNO11. The molecule has 1 saturated carbocycles. The Hall–Kier alpha value is -2.19. The number of amides is 1. The van der Waals surface area contributed by atoms with E-state index in [4.69, 9.17) is 35.3 Å². The monoisotopic (exact) mass is 823 g/mol. The highest BCUT2D eigenvalue weighted by Gasteiger charge is 2.56. The van der Waals surface area contributed by atoms with Crippen LogP contribution in [-0.4, -0.2) is 120 Å². The fourth-order valence-electron chi connectivity index (χ4n) is 9.51. The highest BCUT2D eigenvalue weighted by molar-refractivity contribution is 6.39. The quantitative estimate of drug-likeness (QED) is 0.132. The van der Waals surface area contributed by atoms with Gasteiger partial charge in [-0.3, -0.25) is 14.4 Å². The smallest absolute Gasteiger partial charge is 0.329 e. The normalized spacial score (nSPS) is 41.1. The van der Waals surface area contributed by atoms with Crippen molar-refractivity contribution in [2.24, 2.45) is 29.6 Å². The second-order valence-electron chi connectivity index (χ2n) is 17.3. The number of hydrogen-bond donors (Lipinski definition) is 2. The molecule has 1 amide bonds. The van der Waals surface area contributed by atoms with Crippen LogP contribution in [-0.2, 0) is 42.9 Å². The van der Waals surface area contributed by atoms with Crippen molar-refractivity contribution in [1.82, 2.24) is 4.90 Å². The summed E-state index contributed by atoms with van der Waals surface area (Å²) in [6.07, 6.45) is 6.03. The van der Waals surface area contributed by atoms with Gasteiger partial charge in [0.1, 0.15) is 24.0 Å². The van der Waals surface area contributed by atoms with Crippen LogP contribution < -0.4 is 0 Å². The van der Waals surface area contributed by atoms with Crippen molar-refractivity contribution in [3.63, 3.8) is 0 Å². The van der Waals surface area contributed by atoms with Crippen molar-refractivity contribution in [3.05, 3.63) is 23.3 Å². The Kier molecular flexibility index (Phi) is 17.8. The molecule has 12 nitrogen and oxygen atoms in total. The molecule has 0 spiro atoms. The standard InChI is InChI=1S/C44H70ClNO11/c1-10-29-18-25(3)19-31(11-2)35(48)24-34(47)28(6)39(26(4)20-30-15-16-32(45)36(23-30)53-7)56-43(51)33-14-12-13-17-46(33)42(50)41(49)44(52)27(5)21-37(54-8)40(57-44)38(22-29)55-9/h19-20,27-34,36-40,47,52H,10-18,21-24H2,1-9H3/b25-19+,26-20+/t27-,28-,29+,30+,31-,32+,33+,34+,36-,37+,38+,39-,40+,44-/m1/s1. The number of carbonyl (C=O) groups is 4. The van der Waals surface area contributed by atoms with E-state index < -0.39 is 77.8 Å². The number of ketones is 2. The molecule has 14 atom stereocenters. The van der Waals surface area contributed by atoms with E-state index in [1.54, 1.807) is 35.2 Å². The Labute approximate surface area is 345 Å². The Balaban J connectivity index is 1.78. The Bertz CT molecular complexity index is 1450. The molecular weight excluding hydrogens is 754 g/mol. The number of ether oxygens (including phenoxy) is 5. The van der Waals surface area contributed by atoms with Crippen LogP contribution in [0.3, 0.4) is 0 Å². The minimum absolute atomic E-state index is 0.0761. The summed E-state index contributed by atoms with van der Waals surface area (Å²) >= 11 is 6.53. The van der Waals surface area contributed by atoms with E-state index in [1.165, 1.54) is 4.90 Å². The van der Waals surface area contributed by atoms with Gasteiger partial charge in [0.25, 0.3) is 11.7 Å². The van der Waals surface area contributed by atoms with Gasteiger partial charge < -0.3 is 38.8 Å². The number of rotatable bonds is 7. The topological polar surface area (TPSA) is 158 Å². The van der Waals surface area contributed by atoms with Crippen LogP contribution in [0.5, 0.6) is 0 Å². The summed E-state index contributed by atoms with van der Waals surface area (Å²) in [5.74, 6) is -7.25. The molecule has 324 valence electrons. The average molecular weight is 824 g/mol. The minimum atomic E-state index is -2.49. The maximum atomic E-state index is 14.3. The second kappa shape index (κ2) is 21.4. The third kappa shape index (κ3) is 11.3. The number of carbonyl (C=O) groups excluding carboxylic acids is 4. The summed E-state index contributed by atoms with van der Waals surface area (Å²) in [5, 5.41) is 23.7. The molecule has 0 radical (unpaired) electrons. The maximum Gasteiger partial charge on any atom is 0.329 e. The lowest BCUT2D eigenvalue weighted by molar-refractivity contribution is -0.302. The van der Waals surface area contributed by atoms with E-state index >= 15 is 0 Å². The molecule has 1 aliphatic carbocycles. The Morgan fingerprint density at radius 2 is 1.61 bits per heavy atom. The van der Waals surface area contributed by atoms with E-state index in [1.807, 2.05) is 32.9 Å². The molecule has 2 saturated heterocycles. The van der Waals surface area contributed by atoms with E-state index in [2.05, 4.69) is 6.92 Å². The number of esters is 1. The second-order valence-corrected chi connectivity index (χ2v) is 17.8. The number of methoxy groups -OCH3 is 3. The molecule has 4 rings (SSSR count). The lowest BCUT2D eigenvalue weighted by Crippen LogP contribution is -2.64. The molecule has 0 aromatic heterocycles. The summed E-state index contributed by atoms with van der Waals surface area (Å²) in [6.45, 7) is 11.4. The molecule has 2 N–H and O–H groups in total. The van der Waals surface area contributed by atoms with Crippen molar-refractivity contribution in [3.8, 4) is 0 Å². The zero-order valence-corrected chi connectivity index (χ0v) is 36.5. The van der Waals surface area contributed by atoms with Gasteiger partial charge in [0.2, 0.25) is 5.79 Å². The molecule has 3 aliphatic heterocycles. The van der Waals surface area contributed by atoms with Crippen LogP contribution in [0.4, 0.5) is 0 Å². The minimum Gasteiger partial charge on any atom is -0.456 e. The molecule has 0 aromatic carbocycles. The fourth-order valence-corrected chi connectivity index (χ4v) is 9.84. The summed E-state index contributed by atoms with van der Waals surface area (Å²) in [4.78, 5) is 57.9. The van der Waals surface area contributed by atoms with Crippen molar-refractivity contribution >= 4 is 35.0 Å². The van der Waals surface area contributed by atoms with Gasteiger partial charge in [0.15, 0.2) is 0 Å². The Morgan fingerprint density at radius 3 is 2.25 bits per heavy atom. The summed E-state index contributed by atoms with van der Waals surface area (Å²) in [5.41, 5.74) is 1.73. The lowest BCUT2D eigenvalue weighted by Gasteiger charge is -2.47. The maximum absolute atomic E-state index is 14.3. The van der Waals surface area contributed by atoms with Crippen LogP contribution in [0.15, 0.2) is 23.3 Å². The fraction of sp³-hybridized carbons (Fsp3) is 0.818. The number of cyclic esters (lactones) is 1. The number of aliphatic hydroxyl groups is 2. The van der Waals surface area contributed by atoms with E-state index in [-0.39, 0.29) is 54.9 Å². The first-order chi connectivity index (χ1) is 27.0. The summed E-state index contributed by atoms with van der Waals surface area (Å²) in [6, 6.07) is -1.12. The van der Waals surface area contributed by atoms with Crippen LogP contribution in [0.2, 0.25) is 0 Å². The zero-order chi connectivity index (χ0) is 42.2. The zero-order valence-electron chi connectivity index (χ0n) is 35.7. The third-order valence-corrected chi connectivity index (χ3v) is 13.8. The predicted octanol–water partition coefficient (Wildman–Crippen LogP) is 6.11. The van der Waals surface area contributed by atoms with Gasteiger partial charge >= 0.3 is 5.97 Å². The van der Waals surface area contributed by atoms with Crippen LogP contribution >= 0.6 is 11.6 Å². The van der Waals surface area contributed by atoms with Gasteiger partial charge in [-0.15, -0.1) is 11.6 Å². The van der Waals surface area contributed by atoms with Gasteiger partial charge in [0, 0.05) is 52.0 Å². The van der Waals surface area contributed by atoms with Crippen LogP contribution in [0.25, 0.3) is 0 Å². The third-order valence-electron chi connectivity index (χ3n) is 13.3. The van der Waals surface area contributed by atoms with E-state index in [0.717, 1.165) is 24.8 Å². The molecule has 13 heteroatoms. The number of piperidine rings is 1. The number of fused-ring (bicyclic) bond motifs is 3. The highest BCUT2D eigenvalue weighted by atomic mass is 35.5. The molecule has 57 heavy (non-hydrogen) atoms. The number of alkyl halides is 1. The van der Waals surface area contributed by atoms with Gasteiger partial charge in [-0.05, 0) is 95.5 Å². The molecule has 2 bridgehead atoms. The predicted molar refractivity (Wildman–Crippen MR) is 216 cm³/mol. The van der Waals surface area contributed by atoms with E-state index in [0.29, 0.717) is 44.1 Å². The van der Waals surface area contributed by atoms with Crippen LogP contribution in [0.1, 0.15) is 119 Å². The first-order valence-electron chi connectivity index (χ1n) is 21.3. The number of hydrogen-bond acceptors (Lipinski definition) is 11. The lowest BCUT2D eigenvalue weighted by atomic mass is 9.81. The number of nitrogens with zero attached hydrogens (tertiary/aromatic N) is 1. The molecule has 3 heterocycles. The molecule has 4 aliphatic rings. The van der Waals surface area contributed by atoms with Gasteiger partial charge in [-0.2, -0.15) is 0 Å². The highest BCUT2D eigenvalue weighted by Crippen LogP contribution is 2.40. The average Bonchev–Trinajstić information content (AvgIpc) is 3.20. The summed E-state index contributed by atoms with van der Waals surface area (Å²) < 4.78 is 30.0. The van der Waals surface area contributed by atoms with Crippen LogP contribution in [0, 0.1) is 29.6 Å². The van der Waals surface area contributed by atoms with Crippen molar-refractivity contribution in [2.75, 3.05) is 27.9 Å². The molecule has 0 unspecified atom stereocenters. The largest absolute Gasteiger partial charge is 0.456 e. The van der Waals surface area contributed by atoms with Gasteiger partial charge in [-0.25, -0.2) is 4.79 Å². The van der Waals surface area contributed by atoms with Crippen molar-refractivity contribution in [1.29, 1.82) is 0 Å². The van der Waals surface area contributed by atoms with Gasteiger partial charge in [-0.1, -0.05) is 51.8 Å². The van der Waals surface area contributed by atoms with E-state index in [9.17, 15) is 29.4 Å². The first kappa shape index (κ1) is 47.5. The van der Waals surface area contributed by atoms with Crippen molar-refractivity contribution in [2.45, 2.75) is 172 Å². The number of aliphatic hydroxyl groups excluding tert-OH is 1. The van der Waals surface area contributed by atoms with Gasteiger partial charge in [0.05, 0.1) is 29.8 Å². The number of Topliss-reactive ketones (excluding diaryl/α,β-unsaturated/α-hetero) is 2. The Morgan fingerprint density at radius 1 is 0.947 bits per heavy atom. The number of allylic oxidation sites excluding steroid dienone is 3. The molecule has 0 aromatic rings. The number of halogens is 1. The van der Waals surface area contributed by atoms with Crippen molar-refractivity contribution < 1.29 is 53.1 Å². The molecule has 3 fully saturated rings. The SMILES string of the molecule is CC[C@H]1C/C(C)=C/[C@@H](CC)C(=O)C[C@H](O)[C@@H](C)[C@@H](/C(C)=C/[C@@H]2CC[C@H](Cl)[C@H](OC)C2)OC(=O)[C@@H]2CCCCN2C(=O)C(=O)[C@]2(O)O[C@H]([C@@H](OC)C1)[C@@H](OC)C[C@H]2C. The summed E-state index contributed by atoms with van der Waals surface area (Å²) in [7, 11) is 4.74.